The number of fused-ring (bicyclic) bond motifs is 2. The number of benzene rings is 1. The van der Waals surface area contributed by atoms with E-state index in [1.165, 1.54) is 0 Å². The van der Waals surface area contributed by atoms with Crippen LogP contribution in [0.4, 0.5) is 5.82 Å². The summed E-state index contributed by atoms with van der Waals surface area (Å²) in [5.41, 5.74) is 1.81. The van der Waals surface area contributed by atoms with Crippen LogP contribution in [-0.4, -0.2) is 31.9 Å². The third-order valence-electron chi connectivity index (χ3n) is 4.92. The van der Waals surface area contributed by atoms with Crippen LogP contribution in [0.3, 0.4) is 0 Å². The summed E-state index contributed by atoms with van der Waals surface area (Å²) in [6.45, 7) is 0.514. The van der Waals surface area contributed by atoms with Crippen LogP contribution >= 0.6 is 0 Å². The lowest BCUT2D eigenvalue weighted by Gasteiger charge is -2.36. The fraction of sp³-hybridized carbons (Fsp3) is 0.263. The van der Waals surface area contributed by atoms with Gasteiger partial charge in [0.05, 0.1) is 11.8 Å². The van der Waals surface area contributed by atoms with E-state index in [0.29, 0.717) is 12.4 Å². The van der Waals surface area contributed by atoms with Crippen molar-refractivity contribution >= 4 is 22.4 Å². The third kappa shape index (κ3) is 2.46. The first-order valence-electron chi connectivity index (χ1n) is 8.50. The standard InChI is InChI=1S/C19H18N4O2/c24-19(8-3-9-19)12-21-17-6-7-18-20-11-14(23(18)22-17)16-10-13-4-1-2-5-15(13)25-16/h1-2,4-7,10-11,24H,3,8-9,12H2,(H,21,22). The average Bonchev–Trinajstić information content (AvgIpc) is 3.21. The molecule has 1 aliphatic rings. The highest BCUT2D eigenvalue weighted by Crippen LogP contribution is 2.32. The number of furan rings is 1. The Kier molecular flexibility index (Phi) is 3.08. The van der Waals surface area contributed by atoms with Crippen LogP contribution in [0.2, 0.25) is 0 Å². The second-order valence-electron chi connectivity index (χ2n) is 6.71. The number of hydrogen-bond donors (Lipinski definition) is 2. The zero-order chi connectivity index (χ0) is 16.9. The number of anilines is 1. The molecule has 0 bridgehead atoms. The molecule has 5 rings (SSSR count). The fourth-order valence-electron chi connectivity index (χ4n) is 3.26. The van der Waals surface area contributed by atoms with E-state index in [2.05, 4.69) is 15.4 Å². The molecule has 0 atom stereocenters. The second-order valence-corrected chi connectivity index (χ2v) is 6.71. The third-order valence-corrected chi connectivity index (χ3v) is 4.92. The summed E-state index contributed by atoms with van der Waals surface area (Å²) in [6.07, 6.45) is 4.54. The van der Waals surface area contributed by atoms with Crippen molar-refractivity contribution in [3.05, 3.63) is 48.7 Å². The topological polar surface area (TPSA) is 75.6 Å². The smallest absolute Gasteiger partial charge is 0.155 e. The van der Waals surface area contributed by atoms with Gasteiger partial charge in [-0.3, -0.25) is 0 Å². The number of aliphatic hydroxyl groups is 1. The van der Waals surface area contributed by atoms with Crippen LogP contribution in [0.15, 0.2) is 53.1 Å². The zero-order valence-corrected chi connectivity index (χ0v) is 13.6. The molecule has 1 saturated carbocycles. The van der Waals surface area contributed by atoms with Crippen LogP contribution in [0, 0.1) is 0 Å². The molecule has 1 aromatic carbocycles. The van der Waals surface area contributed by atoms with E-state index in [4.69, 9.17) is 4.42 Å². The Balaban J connectivity index is 1.51. The Morgan fingerprint density at radius 1 is 1.20 bits per heavy atom. The fourth-order valence-corrected chi connectivity index (χ4v) is 3.26. The van der Waals surface area contributed by atoms with Crippen molar-refractivity contribution in [3.63, 3.8) is 0 Å². The number of imidazole rings is 1. The van der Waals surface area contributed by atoms with Crippen molar-refractivity contribution in [3.8, 4) is 11.5 Å². The molecule has 0 amide bonds. The summed E-state index contributed by atoms with van der Waals surface area (Å²) in [6, 6.07) is 13.7. The quantitative estimate of drug-likeness (QED) is 0.598. The number of hydrogen-bond acceptors (Lipinski definition) is 5. The van der Waals surface area contributed by atoms with Crippen molar-refractivity contribution in [2.45, 2.75) is 24.9 Å². The number of para-hydroxylation sites is 1. The lowest BCUT2D eigenvalue weighted by atomic mass is 9.80. The Bertz CT molecular complexity index is 1030. The van der Waals surface area contributed by atoms with Crippen LogP contribution in [-0.2, 0) is 0 Å². The first kappa shape index (κ1) is 14.5. The number of aromatic nitrogens is 3. The maximum Gasteiger partial charge on any atom is 0.155 e. The van der Waals surface area contributed by atoms with Gasteiger partial charge < -0.3 is 14.8 Å². The first-order chi connectivity index (χ1) is 12.2. The Morgan fingerprint density at radius 3 is 2.88 bits per heavy atom. The first-order valence-corrected chi connectivity index (χ1v) is 8.50. The molecule has 2 N–H and O–H groups in total. The van der Waals surface area contributed by atoms with Gasteiger partial charge in [-0.1, -0.05) is 18.2 Å². The van der Waals surface area contributed by atoms with Gasteiger partial charge in [-0.2, -0.15) is 0 Å². The summed E-state index contributed by atoms with van der Waals surface area (Å²) in [5, 5.41) is 19.1. The van der Waals surface area contributed by atoms with Gasteiger partial charge in [0.15, 0.2) is 11.4 Å². The number of nitrogens with zero attached hydrogens (tertiary/aromatic N) is 3. The maximum absolute atomic E-state index is 10.2. The van der Waals surface area contributed by atoms with Gasteiger partial charge in [-0.15, -0.1) is 5.10 Å². The van der Waals surface area contributed by atoms with Crippen molar-refractivity contribution < 1.29 is 9.52 Å². The van der Waals surface area contributed by atoms with Gasteiger partial charge >= 0.3 is 0 Å². The highest BCUT2D eigenvalue weighted by atomic mass is 16.3. The summed E-state index contributed by atoms with van der Waals surface area (Å²) in [4.78, 5) is 4.41. The normalized spacial score (nSPS) is 16.2. The largest absolute Gasteiger partial charge is 0.454 e. The highest BCUT2D eigenvalue weighted by molar-refractivity contribution is 5.82. The second kappa shape index (κ2) is 5.32. The Hall–Kier alpha value is -2.86. The minimum absolute atomic E-state index is 0.514. The average molecular weight is 334 g/mol. The molecule has 1 aliphatic carbocycles. The maximum atomic E-state index is 10.2. The molecule has 0 radical (unpaired) electrons. The Labute approximate surface area is 144 Å². The van der Waals surface area contributed by atoms with Gasteiger partial charge in [0.25, 0.3) is 0 Å². The van der Waals surface area contributed by atoms with Crippen molar-refractivity contribution in [1.29, 1.82) is 0 Å². The van der Waals surface area contributed by atoms with Crippen molar-refractivity contribution in [2.24, 2.45) is 0 Å². The minimum atomic E-state index is -0.590. The van der Waals surface area contributed by atoms with E-state index < -0.39 is 5.60 Å². The van der Waals surface area contributed by atoms with Crippen LogP contribution < -0.4 is 5.32 Å². The minimum Gasteiger partial charge on any atom is -0.454 e. The van der Waals surface area contributed by atoms with Crippen LogP contribution in [0.1, 0.15) is 19.3 Å². The van der Waals surface area contributed by atoms with Gasteiger partial charge in [0.2, 0.25) is 0 Å². The molecule has 3 heterocycles. The van der Waals surface area contributed by atoms with E-state index in [1.54, 1.807) is 10.7 Å². The van der Waals surface area contributed by atoms with Crippen molar-refractivity contribution in [2.75, 3.05) is 11.9 Å². The summed E-state index contributed by atoms with van der Waals surface area (Å²) >= 11 is 0. The van der Waals surface area contributed by atoms with E-state index in [9.17, 15) is 5.11 Å². The summed E-state index contributed by atoms with van der Waals surface area (Å²) in [5.74, 6) is 1.44. The van der Waals surface area contributed by atoms with Crippen LogP contribution in [0.25, 0.3) is 28.1 Å². The molecule has 6 nitrogen and oxygen atoms in total. The zero-order valence-electron chi connectivity index (χ0n) is 13.6. The lowest BCUT2D eigenvalue weighted by molar-refractivity contribution is -0.0202. The number of nitrogens with one attached hydrogen (secondary N) is 1. The van der Waals surface area contributed by atoms with E-state index in [1.807, 2.05) is 42.5 Å². The lowest BCUT2D eigenvalue weighted by Crippen LogP contribution is -2.43. The van der Waals surface area contributed by atoms with Gasteiger partial charge in [-0.05, 0) is 43.5 Å². The summed E-state index contributed by atoms with van der Waals surface area (Å²) < 4.78 is 7.71. The van der Waals surface area contributed by atoms with Crippen LogP contribution in [0.5, 0.6) is 0 Å². The van der Waals surface area contributed by atoms with Gasteiger partial charge in [0, 0.05) is 11.9 Å². The number of rotatable bonds is 4. The van der Waals surface area contributed by atoms with Gasteiger partial charge in [0.1, 0.15) is 17.1 Å². The van der Waals surface area contributed by atoms with Crippen molar-refractivity contribution in [1.82, 2.24) is 14.6 Å². The molecule has 0 spiro atoms. The van der Waals surface area contributed by atoms with Gasteiger partial charge in [-0.25, -0.2) is 9.50 Å². The molecule has 0 saturated heterocycles. The molecule has 1 fully saturated rings. The van der Waals surface area contributed by atoms with E-state index in [-0.39, 0.29) is 0 Å². The molecular formula is C19H18N4O2. The molecule has 4 aromatic rings. The molecule has 126 valence electrons. The molecule has 25 heavy (non-hydrogen) atoms. The summed E-state index contributed by atoms with van der Waals surface area (Å²) in [7, 11) is 0. The van der Waals surface area contributed by atoms with E-state index >= 15 is 0 Å². The predicted molar refractivity (Wildman–Crippen MR) is 95.5 cm³/mol. The Morgan fingerprint density at radius 2 is 2.08 bits per heavy atom. The molecular weight excluding hydrogens is 316 g/mol. The highest BCUT2D eigenvalue weighted by Gasteiger charge is 2.34. The SMILES string of the molecule is OC1(CNc2ccc3ncc(-c4cc5ccccc5o4)n3n2)CCC1. The molecule has 6 heteroatoms. The monoisotopic (exact) mass is 334 g/mol. The molecule has 0 aliphatic heterocycles. The van der Waals surface area contributed by atoms with E-state index in [0.717, 1.165) is 47.3 Å². The molecule has 3 aromatic heterocycles. The predicted octanol–water partition coefficient (Wildman–Crippen LogP) is 3.47. The molecule has 0 unspecified atom stereocenters.